The van der Waals surface area contributed by atoms with Crippen molar-refractivity contribution in [3.63, 3.8) is 0 Å². The maximum absolute atomic E-state index is 9.31. The lowest BCUT2D eigenvalue weighted by Crippen LogP contribution is -2.36. The Morgan fingerprint density at radius 1 is 1.21 bits per heavy atom. The Hall–Kier alpha value is -0.850. The Labute approximate surface area is 124 Å². The third kappa shape index (κ3) is 4.06. The molecule has 1 aliphatic carbocycles. The number of hydrogen-bond acceptors (Lipinski definition) is 2. The summed E-state index contributed by atoms with van der Waals surface area (Å²) in [5.74, 6) is 0.167. The predicted molar refractivity (Wildman–Crippen MR) is 81.7 cm³/mol. The van der Waals surface area contributed by atoms with Gasteiger partial charge in [-0.25, -0.2) is 0 Å². The maximum atomic E-state index is 9.31. The van der Waals surface area contributed by atoms with Gasteiger partial charge >= 0.3 is 0 Å². The lowest BCUT2D eigenvalue weighted by atomic mass is 9.95. The van der Waals surface area contributed by atoms with E-state index in [-0.39, 0.29) is 5.92 Å². The zero-order chi connectivity index (χ0) is 13.7. The first-order valence-electron chi connectivity index (χ1n) is 7.12. The summed E-state index contributed by atoms with van der Waals surface area (Å²) in [6.07, 6.45) is 5.87. The summed E-state index contributed by atoms with van der Waals surface area (Å²) < 4.78 is 1.10. The van der Waals surface area contributed by atoms with Gasteiger partial charge in [-0.05, 0) is 37.5 Å². The number of hydrogen-bond donors (Lipinski definition) is 1. The minimum atomic E-state index is 0.167. The zero-order valence-corrected chi connectivity index (χ0v) is 13.0. The molecule has 19 heavy (non-hydrogen) atoms. The van der Waals surface area contributed by atoms with E-state index in [0.717, 1.165) is 17.3 Å². The van der Waals surface area contributed by atoms with Crippen LogP contribution in [0.3, 0.4) is 0 Å². The summed E-state index contributed by atoms with van der Waals surface area (Å²) >= 11 is 3.46. The Bertz CT molecular complexity index is 435. The fraction of sp³-hybridized carbons (Fsp3) is 0.562. The SMILES string of the molecule is C[C@H](NC1CCCCCC1C#N)c1ccc(Br)cc1. The van der Waals surface area contributed by atoms with E-state index in [9.17, 15) is 5.26 Å². The molecule has 2 unspecified atom stereocenters. The number of nitrogens with zero attached hydrogens (tertiary/aromatic N) is 1. The number of nitrogens with one attached hydrogen (secondary N) is 1. The monoisotopic (exact) mass is 320 g/mol. The van der Waals surface area contributed by atoms with Gasteiger partial charge in [0, 0.05) is 16.6 Å². The third-order valence-electron chi connectivity index (χ3n) is 4.02. The molecule has 1 aliphatic rings. The second-order valence-corrected chi connectivity index (χ2v) is 6.34. The van der Waals surface area contributed by atoms with Crippen molar-refractivity contribution in [1.82, 2.24) is 5.32 Å². The van der Waals surface area contributed by atoms with E-state index in [1.54, 1.807) is 0 Å². The van der Waals surface area contributed by atoms with Crippen LogP contribution < -0.4 is 5.32 Å². The highest BCUT2D eigenvalue weighted by Crippen LogP contribution is 2.26. The first-order valence-corrected chi connectivity index (χ1v) is 7.91. The predicted octanol–water partition coefficient (Wildman–Crippen LogP) is 4.57. The standard InChI is InChI=1S/C16H21BrN2/c1-12(13-7-9-15(17)10-8-13)19-16-6-4-2-3-5-14(16)11-18/h7-10,12,14,16,19H,2-6H2,1H3/t12-,14?,16?/m0/s1. The van der Waals surface area contributed by atoms with Crippen LogP contribution in [0.2, 0.25) is 0 Å². The molecule has 1 aromatic carbocycles. The normalized spacial score (nSPS) is 25.3. The van der Waals surface area contributed by atoms with Crippen molar-refractivity contribution in [2.45, 2.75) is 51.1 Å². The van der Waals surface area contributed by atoms with Crippen LogP contribution in [0.4, 0.5) is 0 Å². The molecule has 1 N–H and O–H groups in total. The van der Waals surface area contributed by atoms with Crippen molar-refractivity contribution in [3.8, 4) is 6.07 Å². The molecule has 0 saturated heterocycles. The summed E-state index contributed by atoms with van der Waals surface area (Å²) in [4.78, 5) is 0. The lowest BCUT2D eigenvalue weighted by molar-refractivity contribution is 0.361. The van der Waals surface area contributed by atoms with Crippen LogP contribution in [0.25, 0.3) is 0 Å². The second kappa shape index (κ2) is 7.07. The summed E-state index contributed by atoms with van der Waals surface area (Å²) in [6.45, 7) is 2.18. The Morgan fingerprint density at radius 2 is 1.89 bits per heavy atom. The summed E-state index contributed by atoms with van der Waals surface area (Å²) in [6, 6.07) is 11.5. The van der Waals surface area contributed by atoms with Crippen molar-refractivity contribution in [1.29, 1.82) is 5.26 Å². The van der Waals surface area contributed by atoms with Crippen LogP contribution in [-0.4, -0.2) is 6.04 Å². The lowest BCUT2D eigenvalue weighted by Gasteiger charge is -2.25. The molecule has 102 valence electrons. The minimum absolute atomic E-state index is 0.167. The molecule has 1 fully saturated rings. The maximum Gasteiger partial charge on any atom is 0.0672 e. The molecule has 0 heterocycles. The largest absolute Gasteiger partial charge is 0.306 e. The molecule has 0 aliphatic heterocycles. The van der Waals surface area contributed by atoms with Gasteiger partial charge in [-0.15, -0.1) is 0 Å². The molecule has 0 bridgehead atoms. The molecule has 3 heteroatoms. The van der Waals surface area contributed by atoms with Gasteiger partial charge in [-0.1, -0.05) is 47.3 Å². The highest BCUT2D eigenvalue weighted by atomic mass is 79.9. The van der Waals surface area contributed by atoms with Crippen LogP contribution in [0.1, 0.15) is 50.6 Å². The van der Waals surface area contributed by atoms with Crippen LogP contribution in [0, 0.1) is 17.2 Å². The van der Waals surface area contributed by atoms with E-state index in [4.69, 9.17) is 0 Å². The van der Waals surface area contributed by atoms with Gasteiger partial charge in [0.1, 0.15) is 0 Å². The van der Waals surface area contributed by atoms with Crippen LogP contribution in [-0.2, 0) is 0 Å². The van der Waals surface area contributed by atoms with Crippen LogP contribution in [0.5, 0.6) is 0 Å². The van der Waals surface area contributed by atoms with Gasteiger partial charge in [0.2, 0.25) is 0 Å². The summed E-state index contributed by atoms with van der Waals surface area (Å²) in [5, 5.41) is 13.0. The number of benzene rings is 1. The van der Waals surface area contributed by atoms with Crippen LogP contribution in [0.15, 0.2) is 28.7 Å². The molecule has 2 rings (SSSR count). The number of halogens is 1. The van der Waals surface area contributed by atoms with E-state index in [0.29, 0.717) is 12.1 Å². The van der Waals surface area contributed by atoms with Gasteiger partial charge < -0.3 is 5.32 Å². The quantitative estimate of drug-likeness (QED) is 0.828. The third-order valence-corrected chi connectivity index (χ3v) is 4.54. The smallest absolute Gasteiger partial charge is 0.0672 e. The van der Waals surface area contributed by atoms with Gasteiger partial charge in [0.25, 0.3) is 0 Å². The van der Waals surface area contributed by atoms with E-state index >= 15 is 0 Å². The molecule has 0 spiro atoms. The molecule has 0 aromatic heterocycles. The average molecular weight is 321 g/mol. The number of rotatable bonds is 3. The average Bonchev–Trinajstić information content (AvgIpc) is 2.64. The molecule has 0 amide bonds. The van der Waals surface area contributed by atoms with Gasteiger partial charge in [-0.2, -0.15) is 5.26 Å². The fourth-order valence-electron chi connectivity index (χ4n) is 2.83. The highest BCUT2D eigenvalue weighted by Gasteiger charge is 2.24. The Morgan fingerprint density at radius 3 is 2.58 bits per heavy atom. The van der Waals surface area contributed by atoms with Gasteiger partial charge in [0.15, 0.2) is 0 Å². The van der Waals surface area contributed by atoms with E-state index in [1.807, 2.05) is 0 Å². The topological polar surface area (TPSA) is 35.8 Å². The highest BCUT2D eigenvalue weighted by molar-refractivity contribution is 9.10. The molecule has 1 aromatic rings. The zero-order valence-electron chi connectivity index (χ0n) is 11.4. The molecule has 0 radical (unpaired) electrons. The second-order valence-electron chi connectivity index (χ2n) is 5.42. The first-order chi connectivity index (χ1) is 9.20. The van der Waals surface area contributed by atoms with E-state index in [2.05, 4.69) is 58.5 Å². The van der Waals surface area contributed by atoms with Crippen molar-refractivity contribution >= 4 is 15.9 Å². The minimum Gasteiger partial charge on any atom is -0.306 e. The van der Waals surface area contributed by atoms with Crippen LogP contribution >= 0.6 is 15.9 Å². The van der Waals surface area contributed by atoms with Gasteiger partial charge in [-0.3, -0.25) is 0 Å². The molecule has 3 atom stereocenters. The van der Waals surface area contributed by atoms with Crippen molar-refractivity contribution < 1.29 is 0 Å². The Kier molecular flexibility index (Phi) is 5.42. The molecule has 2 nitrogen and oxygen atoms in total. The molecular formula is C16H21BrN2. The first kappa shape index (κ1) is 14.6. The fourth-order valence-corrected chi connectivity index (χ4v) is 3.09. The number of nitriles is 1. The van der Waals surface area contributed by atoms with Crippen molar-refractivity contribution in [3.05, 3.63) is 34.3 Å². The van der Waals surface area contributed by atoms with Crippen molar-refractivity contribution in [2.24, 2.45) is 5.92 Å². The summed E-state index contributed by atoms with van der Waals surface area (Å²) in [5.41, 5.74) is 1.28. The van der Waals surface area contributed by atoms with Crippen molar-refractivity contribution in [2.75, 3.05) is 0 Å². The summed E-state index contributed by atoms with van der Waals surface area (Å²) in [7, 11) is 0. The molecular weight excluding hydrogens is 300 g/mol. The molecule has 1 saturated carbocycles. The van der Waals surface area contributed by atoms with Gasteiger partial charge in [0.05, 0.1) is 12.0 Å². The van der Waals surface area contributed by atoms with E-state index in [1.165, 1.54) is 24.8 Å². The van der Waals surface area contributed by atoms with E-state index < -0.39 is 0 Å². The Balaban J connectivity index is 2.02.